The fraction of sp³-hybridized carbons (Fsp3) is 0.625. The van der Waals surface area contributed by atoms with Gasteiger partial charge in [-0.05, 0) is 17.7 Å². The molecule has 1 aromatic rings. The van der Waals surface area contributed by atoms with Crippen LogP contribution in [0.4, 0.5) is 5.69 Å². The summed E-state index contributed by atoms with van der Waals surface area (Å²) < 4.78 is 10.7. The second kappa shape index (κ2) is 6.12. The molecule has 0 radical (unpaired) electrons. The number of morpholine rings is 1. The molecule has 2 heterocycles. The van der Waals surface area contributed by atoms with Crippen molar-refractivity contribution in [3.63, 3.8) is 0 Å². The predicted molar refractivity (Wildman–Crippen MR) is 80.1 cm³/mol. The smallest absolute Gasteiger partial charge is 0.0642 e. The molecule has 2 saturated heterocycles. The highest BCUT2D eigenvalue weighted by molar-refractivity contribution is 5.47. The highest BCUT2D eigenvalue weighted by atomic mass is 16.5. The summed E-state index contributed by atoms with van der Waals surface area (Å²) >= 11 is 0. The lowest BCUT2D eigenvalue weighted by Gasteiger charge is -2.38. The molecule has 0 atom stereocenters. The van der Waals surface area contributed by atoms with Crippen LogP contribution in [0.5, 0.6) is 0 Å². The maximum Gasteiger partial charge on any atom is 0.0642 e. The van der Waals surface area contributed by atoms with Crippen molar-refractivity contribution in [3.8, 4) is 0 Å². The number of ether oxygens (including phenoxy) is 2. The first-order valence-electron chi connectivity index (χ1n) is 7.45. The van der Waals surface area contributed by atoms with Gasteiger partial charge in [0.2, 0.25) is 0 Å². The van der Waals surface area contributed by atoms with Gasteiger partial charge in [-0.3, -0.25) is 0 Å². The summed E-state index contributed by atoms with van der Waals surface area (Å²) in [6, 6.07) is 8.88. The lowest BCUT2D eigenvalue weighted by atomic mass is 9.89. The molecule has 1 aromatic carbocycles. The standard InChI is InChI=1S/C16H24N2O2/c1-16(12-20-13-16)11-17-10-14-2-4-15(5-3-14)18-6-8-19-9-7-18/h2-5,17H,6-13H2,1H3. The summed E-state index contributed by atoms with van der Waals surface area (Å²) in [5, 5.41) is 3.53. The molecule has 0 saturated carbocycles. The van der Waals surface area contributed by atoms with E-state index in [0.717, 1.165) is 52.6 Å². The summed E-state index contributed by atoms with van der Waals surface area (Å²) in [6.45, 7) is 9.66. The SMILES string of the molecule is CC1(CNCc2ccc(N3CCOCC3)cc2)COC1. The minimum Gasteiger partial charge on any atom is -0.380 e. The molecule has 20 heavy (non-hydrogen) atoms. The fourth-order valence-corrected chi connectivity index (χ4v) is 2.71. The third-order valence-corrected chi connectivity index (χ3v) is 4.09. The molecule has 0 amide bonds. The van der Waals surface area contributed by atoms with Crippen LogP contribution in [0.15, 0.2) is 24.3 Å². The predicted octanol–water partition coefficient (Wildman–Crippen LogP) is 1.65. The van der Waals surface area contributed by atoms with E-state index in [2.05, 4.69) is 41.4 Å². The van der Waals surface area contributed by atoms with E-state index < -0.39 is 0 Å². The van der Waals surface area contributed by atoms with Crippen molar-refractivity contribution < 1.29 is 9.47 Å². The fourth-order valence-electron chi connectivity index (χ4n) is 2.71. The van der Waals surface area contributed by atoms with E-state index in [9.17, 15) is 0 Å². The van der Waals surface area contributed by atoms with Gasteiger partial charge in [-0.15, -0.1) is 0 Å². The molecule has 3 rings (SSSR count). The van der Waals surface area contributed by atoms with Crippen LogP contribution in [0.1, 0.15) is 12.5 Å². The quantitative estimate of drug-likeness (QED) is 0.886. The average Bonchev–Trinajstić information content (AvgIpc) is 2.47. The Bertz CT molecular complexity index is 423. The molecule has 0 aliphatic carbocycles. The van der Waals surface area contributed by atoms with E-state index in [4.69, 9.17) is 9.47 Å². The topological polar surface area (TPSA) is 33.7 Å². The van der Waals surface area contributed by atoms with Crippen LogP contribution in [-0.4, -0.2) is 46.1 Å². The number of rotatable bonds is 5. The van der Waals surface area contributed by atoms with Crippen molar-refractivity contribution >= 4 is 5.69 Å². The van der Waals surface area contributed by atoms with Gasteiger partial charge in [-0.2, -0.15) is 0 Å². The zero-order valence-electron chi connectivity index (χ0n) is 12.2. The van der Waals surface area contributed by atoms with Gasteiger partial charge in [0.1, 0.15) is 0 Å². The van der Waals surface area contributed by atoms with Crippen molar-refractivity contribution in [1.82, 2.24) is 5.32 Å². The van der Waals surface area contributed by atoms with Crippen LogP contribution in [0, 0.1) is 5.41 Å². The first kappa shape index (κ1) is 13.9. The number of hydrogen-bond donors (Lipinski definition) is 1. The molecule has 0 spiro atoms. The van der Waals surface area contributed by atoms with Crippen molar-refractivity contribution in [2.45, 2.75) is 13.5 Å². The maximum atomic E-state index is 5.38. The van der Waals surface area contributed by atoms with E-state index in [-0.39, 0.29) is 0 Å². The minimum absolute atomic E-state index is 0.341. The molecule has 0 unspecified atom stereocenters. The van der Waals surface area contributed by atoms with Gasteiger partial charge in [-0.1, -0.05) is 19.1 Å². The Kier molecular flexibility index (Phi) is 4.24. The van der Waals surface area contributed by atoms with Crippen LogP contribution < -0.4 is 10.2 Å². The molecule has 2 aliphatic rings. The Labute approximate surface area is 121 Å². The van der Waals surface area contributed by atoms with E-state index in [1.807, 2.05) is 0 Å². The molecule has 4 nitrogen and oxygen atoms in total. The third-order valence-electron chi connectivity index (χ3n) is 4.09. The Morgan fingerprint density at radius 1 is 1.10 bits per heavy atom. The Hall–Kier alpha value is -1.10. The van der Waals surface area contributed by atoms with Gasteiger partial charge in [0, 0.05) is 37.3 Å². The van der Waals surface area contributed by atoms with E-state index in [0.29, 0.717) is 5.41 Å². The lowest BCUT2D eigenvalue weighted by Crippen LogP contribution is -2.47. The summed E-state index contributed by atoms with van der Waals surface area (Å²) in [4.78, 5) is 2.38. The molecule has 2 fully saturated rings. The van der Waals surface area contributed by atoms with E-state index in [1.54, 1.807) is 0 Å². The number of hydrogen-bond acceptors (Lipinski definition) is 4. The monoisotopic (exact) mass is 276 g/mol. The van der Waals surface area contributed by atoms with Gasteiger partial charge in [0.15, 0.2) is 0 Å². The van der Waals surface area contributed by atoms with Gasteiger partial charge in [0.05, 0.1) is 26.4 Å². The average molecular weight is 276 g/mol. The van der Waals surface area contributed by atoms with Gasteiger partial charge in [0.25, 0.3) is 0 Å². The van der Waals surface area contributed by atoms with Crippen molar-refractivity contribution in [1.29, 1.82) is 0 Å². The maximum absolute atomic E-state index is 5.38. The van der Waals surface area contributed by atoms with Crippen LogP contribution in [0.2, 0.25) is 0 Å². The van der Waals surface area contributed by atoms with Crippen LogP contribution in [0.25, 0.3) is 0 Å². The summed E-state index contributed by atoms with van der Waals surface area (Å²) in [7, 11) is 0. The molecular weight excluding hydrogens is 252 g/mol. The zero-order chi connectivity index (χ0) is 13.8. The van der Waals surface area contributed by atoms with Crippen LogP contribution in [-0.2, 0) is 16.0 Å². The summed E-state index contributed by atoms with van der Waals surface area (Å²) in [5.41, 5.74) is 2.98. The van der Waals surface area contributed by atoms with Gasteiger partial charge in [-0.25, -0.2) is 0 Å². The normalized spacial score (nSPS) is 21.6. The van der Waals surface area contributed by atoms with Crippen molar-refractivity contribution in [3.05, 3.63) is 29.8 Å². The summed E-state index contributed by atoms with van der Waals surface area (Å²) in [6.07, 6.45) is 0. The van der Waals surface area contributed by atoms with Crippen LogP contribution in [0.3, 0.4) is 0 Å². The zero-order valence-corrected chi connectivity index (χ0v) is 12.2. The molecule has 1 N–H and O–H groups in total. The van der Waals surface area contributed by atoms with Crippen molar-refractivity contribution in [2.24, 2.45) is 5.41 Å². The first-order valence-corrected chi connectivity index (χ1v) is 7.45. The minimum atomic E-state index is 0.341. The van der Waals surface area contributed by atoms with E-state index >= 15 is 0 Å². The molecule has 2 aliphatic heterocycles. The Morgan fingerprint density at radius 3 is 2.40 bits per heavy atom. The molecule has 4 heteroatoms. The summed E-state index contributed by atoms with van der Waals surface area (Å²) in [5.74, 6) is 0. The lowest BCUT2D eigenvalue weighted by molar-refractivity contribution is -0.0991. The van der Waals surface area contributed by atoms with Crippen molar-refractivity contribution in [2.75, 3.05) is 51.0 Å². The van der Waals surface area contributed by atoms with Gasteiger partial charge < -0.3 is 19.7 Å². The Morgan fingerprint density at radius 2 is 1.80 bits per heavy atom. The number of benzene rings is 1. The number of nitrogens with zero attached hydrogens (tertiary/aromatic N) is 1. The highest BCUT2D eigenvalue weighted by Crippen LogP contribution is 2.25. The van der Waals surface area contributed by atoms with E-state index in [1.165, 1.54) is 11.3 Å². The molecular formula is C16H24N2O2. The molecule has 0 aromatic heterocycles. The first-order chi connectivity index (χ1) is 9.75. The molecule has 110 valence electrons. The third kappa shape index (κ3) is 3.32. The van der Waals surface area contributed by atoms with Crippen LogP contribution >= 0.6 is 0 Å². The second-order valence-electron chi connectivity index (χ2n) is 6.17. The highest BCUT2D eigenvalue weighted by Gasteiger charge is 2.32. The van der Waals surface area contributed by atoms with Gasteiger partial charge >= 0.3 is 0 Å². The number of nitrogens with one attached hydrogen (secondary N) is 1. The second-order valence-corrected chi connectivity index (χ2v) is 6.17. The molecule has 0 bridgehead atoms. The Balaban J connectivity index is 1.48. The largest absolute Gasteiger partial charge is 0.380 e. The number of anilines is 1.